The Morgan fingerprint density at radius 3 is 1.81 bits per heavy atom. The molecular formula is C55H59NO22. The molecule has 3 aliphatic carbocycles. The summed E-state index contributed by atoms with van der Waals surface area (Å²) in [5, 5.41) is 56.1. The number of ether oxygens (including phenoxy) is 7. The van der Waals surface area contributed by atoms with E-state index in [1.807, 2.05) is 0 Å². The van der Waals surface area contributed by atoms with E-state index in [1.54, 1.807) is 30.3 Å². The summed E-state index contributed by atoms with van der Waals surface area (Å²) in [6, 6.07) is 20.9. The highest BCUT2D eigenvalue weighted by atomic mass is 16.6. The van der Waals surface area contributed by atoms with Crippen LogP contribution in [0.2, 0.25) is 0 Å². The summed E-state index contributed by atoms with van der Waals surface area (Å²) in [5.74, 6) is -14.8. The van der Waals surface area contributed by atoms with Crippen molar-refractivity contribution >= 4 is 59.4 Å². The lowest BCUT2D eigenvalue weighted by atomic mass is 9.44. The highest BCUT2D eigenvalue weighted by Gasteiger charge is 2.79. The van der Waals surface area contributed by atoms with Crippen LogP contribution in [0.3, 0.4) is 0 Å². The average molecular weight is 1090 g/mol. The Morgan fingerprint density at radius 2 is 1.28 bits per heavy atom. The van der Waals surface area contributed by atoms with E-state index < -0.39 is 175 Å². The second-order valence-corrected chi connectivity index (χ2v) is 20.4. The van der Waals surface area contributed by atoms with E-state index in [0.717, 1.165) is 13.8 Å². The van der Waals surface area contributed by atoms with Crippen molar-refractivity contribution in [3.8, 4) is 0 Å². The average Bonchev–Trinajstić information content (AvgIpc) is 3.51. The first kappa shape index (κ1) is 57.8. The van der Waals surface area contributed by atoms with Crippen molar-refractivity contribution < 1.29 is 107 Å². The van der Waals surface area contributed by atoms with Gasteiger partial charge >= 0.3 is 47.8 Å². The Labute approximate surface area is 445 Å². The Morgan fingerprint density at radius 1 is 0.731 bits per heavy atom. The highest BCUT2D eigenvalue weighted by molar-refractivity contribution is 5.97. The number of Topliss-reactive ketones (excluding diaryl/α,β-unsaturated/α-hetero) is 1. The van der Waals surface area contributed by atoms with Gasteiger partial charge in [0.05, 0.1) is 36.3 Å². The van der Waals surface area contributed by atoms with E-state index in [2.05, 4.69) is 5.32 Å². The lowest BCUT2D eigenvalue weighted by molar-refractivity contribution is -0.346. The number of aliphatic hydroxyl groups excluding tert-OH is 2. The molecule has 2 saturated carbocycles. The number of hydrogen-bond donors (Lipinski definition) is 6. The molecule has 3 aromatic carbocycles. The fourth-order valence-electron chi connectivity index (χ4n) is 11.3. The standard InChI is InChI=1S/C55H59NO22/c1-27-35(74-51(70)43(76-39(62)23-34(60)49(67)68)41(30-16-10-7-11-17-30)56-47(64)31-18-12-8-13-19-31)25-55(71)46(77-50(69)32-20-14-9-15-21-32)44-53(6,45(63)42(73-28(2)57)40(27)52(55,4)5)36(75-38(61)22-33(59)48(65)66)24-37-54(44,26-72-37)78-29(3)58/h7-21,33-37,41-44,46,59-60,71H,22-26H2,1-6H3,(H,56,64)(H,65,66)(H,67,68)/t33-,34-,35-,36-,37+,41-,42+,43+,44-,46-,53+,54-,55+/m0/s1. The van der Waals surface area contributed by atoms with E-state index in [0.29, 0.717) is 0 Å². The Kier molecular flexibility index (Phi) is 16.8. The lowest BCUT2D eigenvalue weighted by Crippen LogP contribution is -2.82. The lowest BCUT2D eigenvalue weighted by Gasteiger charge is -2.67. The van der Waals surface area contributed by atoms with E-state index in [4.69, 9.17) is 33.2 Å². The summed E-state index contributed by atoms with van der Waals surface area (Å²) in [6.07, 6.45) is -19.6. The third-order valence-corrected chi connectivity index (χ3v) is 15.2. The predicted molar refractivity (Wildman–Crippen MR) is 262 cm³/mol. The van der Waals surface area contributed by atoms with Crippen molar-refractivity contribution in [1.29, 1.82) is 0 Å². The minimum absolute atomic E-state index is 0.0720. The van der Waals surface area contributed by atoms with Crippen LogP contribution in [0.25, 0.3) is 0 Å². The molecule has 78 heavy (non-hydrogen) atoms. The molecule has 2 bridgehead atoms. The van der Waals surface area contributed by atoms with Crippen LogP contribution in [0.1, 0.15) is 99.5 Å². The van der Waals surface area contributed by atoms with Gasteiger partial charge in [-0.25, -0.2) is 19.2 Å². The van der Waals surface area contributed by atoms with Gasteiger partial charge in [0.15, 0.2) is 29.7 Å². The van der Waals surface area contributed by atoms with Gasteiger partial charge in [0, 0.05) is 37.7 Å². The molecule has 3 fully saturated rings. The molecule has 416 valence electrons. The van der Waals surface area contributed by atoms with E-state index in [1.165, 1.54) is 88.4 Å². The fraction of sp³-hybridized carbons (Fsp3) is 0.455. The summed E-state index contributed by atoms with van der Waals surface area (Å²) < 4.78 is 42.3. The quantitative estimate of drug-likeness (QED) is 0.0605. The Hall–Kier alpha value is -7.86. The number of carboxylic acids is 2. The number of amides is 1. The van der Waals surface area contributed by atoms with Gasteiger partial charge in [-0.2, -0.15) is 0 Å². The molecule has 13 atom stereocenters. The van der Waals surface area contributed by atoms with Crippen LogP contribution in [-0.4, -0.2) is 152 Å². The number of nitrogens with one attached hydrogen (secondary N) is 1. The normalized spacial score (nSPS) is 28.3. The molecule has 1 heterocycles. The minimum atomic E-state index is -2.71. The summed E-state index contributed by atoms with van der Waals surface area (Å²) in [5.41, 5.74) is -9.30. The number of fused-ring (bicyclic) bond motifs is 5. The van der Waals surface area contributed by atoms with Crippen molar-refractivity contribution in [1.82, 2.24) is 5.32 Å². The van der Waals surface area contributed by atoms with Crippen LogP contribution in [0.15, 0.2) is 102 Å². The van der Waals surface area contributed by atoms with Crippen LogP contribution in [0, 0.1) is 16.7 Å². The maximum Gasteiger partial charge on any atom is 0.350 e. The van der Waals surface area contributed by atoms with Gasteiger partial charge in [0.2, 0.25) is 6.10 Å². The molecule has 23 nitrogen and oxygen atoms in total. The highest BCUT2D eigenvalue weighted by Crippen LogP contribution is 2.65. The van der Waals surface area contributed by atoms with Crippen molar-refractivity contribution in [2.24, 2.45) is 16.7 Å². The third-order valence-electron chi connectivity index (χ3n) is 15.2. The van der Waals surface area contributed by atoms with Gasteiger partial charge in [0.1, 0.15) is 36.1 Å². The number of carbonyl (C=O) groups excluding carboxylic acids is 8. The van der Waals surface area contributed by atoms with E-state index in [-0.39, 0.29) is 27.8 Å². The zero-order chi connectivity index (χ0) is 57.2. The summed E-state index contributed by atoms with van der Waals surface area (Å²) >= 11 is 0. The molecule has 1 aliphatic heterocycles. The van der Waals surface area contributed by atoms with Crippen LogP contribution in [-0.2, 0) is 71.5 Å². The van der Waals surface area contributed by atoms with Gasteiger partial charge in [-0.15, -0.1) is 0 Å². The SMILES string of the molecule is CC(=O)O[C@H]1C(=O)[C@]2(C)[C@@H](OC(=O)C[C@H](O)C(=O)O)C[C@H]3OC[C@@]3(OC(C)=O)[C@H]2[C@H](OC(=O)c2ccccc2)[C@]2(O)C[C@H](OC(=O)[C@H](OC(=O)C[C@H](O)C(=O)O)[C@@H](NC(=O)c3ccccc3)c3ccccc3)C(C)=C1C2(C)C. The summed E-state index contributed by atoms with van der Waals surface area (Å²) in [7, 11) is 0. The van der Waals surface area contributed by atoms with Crippen LogP contribution >= 0.6 is 0 Å². The molecule has 1 amide bonds. The molecular weight excluding hydrogens is 1030 g/mol. The number of benzene rings is 3. The van der Waals surface area contributed by atoms with Gasteiger partial charge in [-0.1, -0.05) is 80.6 Å². The van der Waals surface area contributed by atoms with Gasteiger partial charge < -0.3 is 64.0 Å². The van der Waals surface area contributed by atoms with Gasteiger partial charge in [-0.3, -0.25) is 28.8 Å². The first-order chi connectivity index (χ1) is 36.7. The number of aliphatic carboxylic acids is 2. The fourth-order valence-corrected chi connectivity index (χ4v) is 11.3. The zero-order valence-corrected chi connectivity index (χ0v) is 43.1. The first-order valence-corrected chi connectivity index (χ1v) is 24.7. The zero-order valence-electron chi connectivity index (χ0n) is 43.1. The number of carbonyl (C=O) groups is 10. The molecule has 0 aromatic heterocycles. The number of esters is 6. The van der Waals surface area contributed by atoms with E-state index >= 15 is 9.59 Å². The monoisotopic (exact) mass is 1090 g/mol. The van der Waals surface area contributed by atoms with Gasteiger partial charge in [-0.05, 0) is 54.8 Å². The minimum Gasteiger partial charge on any atom is -0.479 e. The maximum absolute atomic E-state index is 16.2. The van der Waals surface area contributed by atoms with Crippen LogP contribution < -0.4 is 5.32 Å². The summed E-state index contributed by atoms with van der Waals surface area (Å²) in [6.45, 7) is 6.91. The largest absolute Gasteiger partial charge is 0.479 e. The molecule has 4 aliphatic rings. The molecule has 0 unspecified atom stereocenters. The second kappa shape index (κ2) is 22.6. The van der Waals surface area contributed by atoms with Gasteiger partial charge in [0.25, 0.3) is 5.91 Å². The van der Waals surface area contributed by atoms with E-state index in [9.17, 15) is 63.9 Å². The topological polar surface area (TPSA) is 348 Å². The molecule has 7 rings (SSSR count). The second-order valence-electron chi connectivity index (χ2n) is 20.4. The molecule has 0 spiro atoms. The van der Waals surface area contributed by atoms with Crippen molar-refractivity contribution in [2.75, 3.05) is 6.61 Å². The van der Waals surface area contributed by atoms with Crippen LogP contribution in [0.5, 0.6) is 0 Å². The van der Waals surface area contributed by atoms with Crippen molar-refractivity contribution in [3.05, 3.63) is 119 Å². The number of hydrogen-bond acceptors (Lipinski definition) is 20. The number of ketones is 1. The Bertz CT molecular complexity index is 2890. The number of rotatable bonds is 18. The number of carboxylic acid groups (broad SMARTS) is 2. The third kappa shape index (κ3) is 11.0. The smallest absolute Gasteiger partial charge is 0.350 e. The maximum atomic E-state index is 16.2. The van der Waals surface area contributed by atoms with Crippen molar-refractivity contribution in [3.63, 3.8) is 0 Å². The Balaban J connectivity index is 1.46. The number of aliphatic hydroxyl groups is 3. The molecule has 23 heteroatoms. The molecule has 0 radical (unpaired) electrons. The summed E-state index contributed by atoms with van der Waals surface area (Å²) in [4.78, 5) is 137. The van der Waals surface area contributed by atoms with Crippen LogP contribution in [0.4, 0.5) is 0 Å². The molecule has 3 aromatic rings. The first-order valence-electron chi connectivity index (χ1n) is 24.7. The molecule has 1 saturated heterocycles. The molecule has 6 N–H and O–H groups in total. The van der Waals surface area contributed by atoms with Crippen molar-refractivity contribution in [2.45, 2.75) is 133 Å². The predicted octanol–water partition coefficient (Wildman–Crippen LogP) is 2.51.